The lowest BCUT2D eigenvalue weighted by Crippen LogP contribution is -1.94. The number of para-hydroxylation sites is 1. The average molecular weight is 284 g/mol. The third-order valence-corrected chi connectivity index (χ3v) is 3.14. The van der Waals surface area contributed by atoms with Crippen LogP contribution in [0.2, 0.25) is 0 Å². The van der Waals surface area contributed by atoms with Crippen molar-refractivity contribution in [3.8, 4) is 23.0 Å². The maximum Gasteiger partial charge on any atom is 0.260 e. The number of rotatable bonds is 2. The van der Waals surface area contributed by atoms with Crippen molar-refractivity contribution in [1.29, 1.82) is 0 Å². The Balaban J connectivity index is 2.06. The lowest BCUT2D eigenvalue weighted by molar-refractivity contribution is 0.432. The molecule has 21 heavy (non-hydrogen) atoms. The summed E-state index contributed by atoms with van der Waals surface area (Å²) in [5.41, 5.74) is 8.67. The second-order valence-corrected chi connectivity index (χ2v) is 4.80. The predicted octanol–water partition coefficient (Wildman–Crippen LogP) is 3.14. The molecule has 0 aliphatic heterocycles. The van der Waals surface area contributed by atoms with E-state index in [9.17, 15) is 4.39 Å². The maximum absolute atomic E-state index is 13.5. The summed E-state index contributed by atoms with van der Waals surface area (Å²) < 4.78 is 18.7. The van der Waals surface area contributed by atoms with Gasteiger partial charge in [-0.25, -0.2) is 4.39 Å². The molecule has 0 bridgehead atoms. The Morgan fingerprint density at radius 1 is 1.24 bits per heavy atom. The Bertz CT molecular complexity index is 813. The molecule has 1 aromatic carbocycles. The third-order valence-electron chi connectivity index (χ3n) is 3.14. The molecule has 3 aromatic rings. The van der Waals surface area contributed by atoms with E-state index in [4.69, 9.17) is 10.3 Å². The molecule has 3 rings (SSSR count). The minimum absolute atomic E-state index is 0.0127. The summed E-state index contributed by atoms with van der Waals surface area (Å²) in [7, 11) is 0. The molecule has 0 aliphatic carbocycles. The molecule has 0 saturated heterocycles. The molecular formula is C15H13FN4O. The number of aromatic nitrogens is 3. The number of anilines is 1. The number of nitrogens with zero attached hydrogens (tertiary/aromatic N) is 3. The van der Waals surface area contributed by atoms with Gasteiger partial charge < -0.3 is 10.3 Å². The van der Waals surface area contributed by atoms with Gasteiger partial charge in [-0.15, -0.1) is 0 Å². The van der Waals surface area contributed by atoms with Crippen LogP contribution in [0.3, 0.4) is 0 Å². The molecule has 0 atom stereocenters. The van der Waals surface area contributed by atoms with Crippen molar-refractivity contribution >= 4 is 5.69 Å². The van der Waals surface area contributed by atoms with Crippen molar-refractivity contribution in [2.75, 3.05) is 5.73 Å². The number of nitrogen functional groups attached to an aromatic ring is 1. The van der Waals surface area contributed by atoms with Crippen LogP contribution in [0.4, 0.5) is 10.1 Å². The highest BCUT2D eigenvalue weighted by Gasteiger charge is 2.16. The Hall–Kier alpha value is -2.76. The largest absolute Gasteiger partial charge is 0.396 e. The smallest absolute Gasteiger partial charge is 0.260 e. The Kier molecular flexibility index (Phi) is 3.13. The highest BCUT2D eigenvalue weighted by molar-refractivity contribution is 5.71. The molecule has 106 valence electrons. The summed E-state index contributed by atoms with van der Waals surface area (Å²) >= 11 is 0. The Morgan fingerprint density at radius 3 is 2.81 bits per heavy atom. The normalized spacial score (nSPS) is 10.8. The van der Waals surface area contributed by atoms with Crippen molar-refractivity contribution in [3.63, 3.8) is 0 Å². The summed E-state index contributed by atoms with van der Waals surface area (Å²) in [4.78, 5) is 8.56. The van der Waals surface area contributed by atoms with Gasteiger partial charge in [-0.05, 0) is 37.1 Å². The first kappa shape index (κ1) is 13.2. The van der Waals surface area contributed by atoms with Crippen LogP contribution in [0.5, 0.6) is 0 Å². The molecule has 0 spiro atoms. The fourth-order valence-electron chi connectivity index (χ4n) is 2.10. The molecular weight excluding hydrogens is 271 g/mol. The lowest BCUT2D eigenvalue weighted by atomic mass is 10.1. The molecule has 0 saturated carbocycles. The minimum atomic E-state index is -0.517. The maximum atomic E-state index is 13.5. The summed E-state index contributed by atoms with van der Waals surface area (Å²) in [5.74, 6) is 0.00632. The topological polar surface area (TPSA) is 77.8 Å². The highest BCUT2D eigenvalue weighted by atomic mass is 19.1. The Labute approximate surface area is 120 Å². The standard InChI is InChI=1S/C15H13FN4O/c1-8-6-9(2)13(18-7-8)14-19-15(21-20-14)10-4-3-5-11(16)12(10)17/h3-7H,17H2,1-2H3. The van der Waals surface area contributed by atoms with Gasteiger partial charge in [0.25, 0.3) is 5.89 Å². The minimum Gasteiger partial charge on any atom is -0.396 e. The van der Waals surface area contributed by atoms with Gasteiger partial charge >= 0.3 is 0 Å². The van der Waals surface area contributed by atoms with Crippen molar-refractivity contribution in [3.05, 3.63) is 47.4 Å². The van der Waals surface area contributed by atoms with E-state index in [1.807, 2.05) is 19.9 Å². The number of pyridine rings is 1. The van der Waals surface area contributed by atoms with Gasteiger partial charge in [0, 0.05) is 6.20 Å². The number of hydrogen-bond acceptors (Lipinski definition) is 5. The van der Waals surface area contributed by atoms with Crippen molar-refractivity contribution in [1.82, 2.24) is 15.1 Å². The second kappa shape index (κ2) is 4.97. The number of nitrogens with two attached hydrogens (primary N) is 1. The zero-order valence-corrected chi connectivity index (χ0v) is 11.6. The highest BCUT2D eigenvalue weighted by Crippen LogP contribution is 2.28. The van der Waals surface area contributed by atoms with E-state index in [0.717, 1.165) is 11.1 Å². The molecule has 0 fully saturated rings. The molecule has 0 aliphatic rings. The molecule has 2 aromatic heterocycles. The van der Waals surface area contributed by atoms with Crippen LogP contribution < -0.4 is 5.73 Å². The molecule has 6 heteroatoms. The van der Waals surface area contributed by atoms with Crippen LogP contribution in [0.15, 0.2) is 35.0 Å². The van der Waals surface area contributed by atoms with E-state index in [0.29, 0.717) is 17.1 Å². The van der Waals surface area contributed by atoms with Gasteiger partial charge in [0.1, 0.15) is 11.5 Å². The van der Waals surface area contributed by atoms with Crippen LogP contribution in [-0.4, -0.2) is 15.1 Å². The quantitative estimate of drug-likeness (QED) is 0.731. The first-order chi connectivity index (χ1) is 10.1. The van der Waals surface area contributed by atoms with Gasteiger partial charge in [0.05, 0.1) is 11.3 Å². The number of hydrogen-bond donors (Lipinski definition) is 1. The van der Waals surface area contributed by atoms with Gasteiger partial charge in [0.15, 0.2) is 0 Å². The summed E-state index contributed by atoms with van der Waals surface area (Å²) in [6.07, 6.45) is 1.73. The van der Waals surface area contributed by atoms with E-state index < -0.39 is 5.82 Å². The van der Waals surface area contributed by atoms with Crippen LogP contribution in [-0.2, 0) is 0 Å². The van der Waals surface area contributed by atoms with Crippen LogP contribution in [0.1, 0.15) is 11.1 Å². The van der Waals surface area contributed by atoms with Crippen LogP contribution in [0, 0.1) is 19.7 Å². The average Bonchev–Trinajstić information content (AvgIpc) is 2.91. The molecule has 2 heterocycles. The number of benzene rings is 1. The summed E-state index contributed by atoms with van der Waals surface area (Å²) in [5, 5.41) is 3.90. The SMILES string of the molecule is Cc1cnc(-c2noc(-c3cccc(F)c3N)n2)c(C)c1. The van der Waals surface area contributed by atoms with Gasteiger partial charge in [-0.1, -0.05) is 17.3 Å². The lowest BCUT2D eigenvalue weighted by Gasteiger charge is -2.01. The molecule has 0 amide bonds. The summed E-state index contributed by atoms with van der Waals surface area (Å²) in [6.45, 7) is 3.88. The van der Waals surface area contributed by atoms with Gasteiger partial charge in [-0.3, -0.25) is 4.98 Å². The van der Waals surface area contributed by atoms with E-state index in [1.165, 1.54) is 6.07 Å². The molecule has 0 radical (unpaired) electrons. The van der Waals surface area contributed by atoms with Crippen molar-refractivity contribution in [2.45, 2.75) is 13.8 Å². The van der Waals surface area contributed by atoms with Gasteiger partial charge in [-0.2, -0.15) is 4.98 Å². The third kappa shape index (κ3) is 2.35. The van der Waals surface area contributed by atoms with E-state index in [1.54, 1.807) is 18.3 Å². The second-order valence-electron chi connectivity index (χ2n) is 4.80. The number of aryl methyl sites for hydroxylation is 2. The van der Waals surface area contributed by atoms with Gasteiger partial charge in [0.2, 0.25) is 5.82 Å². The first-order valence-corrected chi connectivity index (χ1v) is 6.38. The van der Waals surface area contributed by atoms with Crippen molar-refractivity contribution in [2.24, 2.45) is 0 Å². The fraction of sp³-hybridized carbons (Fsp3) is 0.133. The van der Waals surface area contributed by atoms with E-state index in [2.05, 4.69) is 15.1 Å². The van der Waals surface area contributed by atoms with E-state index >= 15 is 0 Å². The molecule has 2 N–H and O–H groups in total. The first-order valence-electron chi connectivity index (χ1n) is 6.38. The fourth-order valence-corrected chi connectivity index (χ4v) is 2.10. The Morgan fingerprint density at radius 2 is 2.05 bits per heavy atom. The zero-order chi connectivity index (χ0) is 15.0. The molecule has 5 nitrogen and oxygen atoms in total. The van der Waals surface area contributed by atoms with Crippen LogP contribution >= 0.6 is 0 Å². The predicted molar refractivity (Wildman–Crippen MR) is 76.8 cm³/mol. The monoisotopic (exact) mass is 284 g/mol. The van der Waals surface area contributed by atoms with E-state index in [-0.39, 0.29) is 11.6 Å². The van der Waals surface area contributed by atoms with Crippen LogP contribution in [0.25, 0.3) is 23.0 Å². The molecule has 0 unspecified atom stereocenters. The number of halogens is 1. The summed E-state index contributed by atoms with van der Waals surface area (Å²) in [6, 6.07) is 6.43. The zero-order valence-electron chi connectivity index (χ0n) is 11.6. The van der Waals surface area contributed by atoms with Crippen molar-refractivity contribution < 1.29 is 8.91 Å².